The molecule has 3 aliphatic rings. The first-order valence-electron chi connectivity index (χ1n) is 17.9. The van der Waals surface area contributed by atoms with E-state index in [1.165, 1.54) is 23.5 Å². The van der Waals surface area contributed by atoms with Crippen LogP contribution in [-0.2, 0) is 24.0 Å². The number of rotatable bonds is 15. The lowest BCUT2D eigenvalue weighted by Gasteiger charge is -2.34. The van der Waals surface area contributed by atoms with Crippen LogP contribution in [0.3, 0.4) is 0 Å². The summed E-state index contributed by atoms with van der Waals surface area (Å²) in [5.74, 6) is -3.59. The van der Waals surface area contributed by atoms with Crippen molar-refractivity contribution >= 4 is 35.3 Å². The smallest absolute Gasteiger partial charge is 0.289 e. The number of hydrogen-bond donors (Lipinski definition) is 4. The van der Waals surface area contributed by atoms with Crippen LogP contribution < -0.4 is 21.3 Å². The number of carbonyl (C=O) groups excluding carboxylic acids is 6. The number of ketones is 1. The SMILES string of the molecule is C=C(C)[C@H](NC(=O)[C@@H](NC(=O)c1cnccn1)C1CCCCC1)C(=O)N1C[C@@H]2CCC[C@@H]2[C@H]1C(=O)N[C@@H](CCC)C(=O)C(=O)N[C@@H](C)CC. The minimum Gasteiger partial charge on any atom is -0.347 e. The predicted molar refractivity (Wildman–Crippen MR) is 183 cm³/mol. The van der Waals surface area contributed by atoms with Crippen LogP contribution in [0.5, 0.6) is 0 Å². The van der Waals surface area contributed by atoms with Gasteiger partial charge in [0.05, 0.1) is 12.2 Å². The summed E-state index contributed by atoms with van der Waals surface area (Å²) in [6.07, 6.45) is 12.6. The Morgan fingerprint density at radius 2 is 1.67 bits per heavy atom. The van der Waals surface area contributed by atoms with Gasteiger partial charge >= 0.3 is 0 Å². The Bertz CT molecular complexity index is 1380. The molecule has 1 saturated heterocycles. The van der Waals surface area contributed by atoms with Gasteiger partial charge in [-0.2, -0.15) is 0 Å². The van der Waals surface area contributed by atoms with Crippen molar-refractivity contribution in [3.8, 4) is 0 Å². The first-order chi connectivity index (χ1) is 23.5. The summed E-state index contributed by atoms with van der Waals surface area (Å²) in [5, 5.41) is 11.2. The number of amides is 5. The number of likely N-dealkylation sites (tertiary alicyclic amines) is 1. The quantitative estimate of drug-likeness (QED) is 0.161. The van der Waals surface area contributed by atoms with Crippen LogP contribution >= 0.6 is 0 Å². The number of nitrogens with zero attached hydrogens (tertiary/aromatic N) is 3. The fourth-order valence-corrected chi connectivity index (χ4v) is 7.53. The van der Waals surface area contributed by atoms with Gasteiger partial charge in [-0.3, -0.25) is 33.8 Å². The molecule has 0 bridgehead atoms. The fraction of sp³-hybridized carbons (Fsp3) is 0.667. The van der Waals surface area contributed by atoms with E-state index >= 15 is 0 Å². The maximum absolute atomic E-state index is 14.4. The van der Waals surface area contributed by atoms with E-state index in [0.29, 0.717) is 25.0 Å². The molecule has 13 heteroatoms. The highest BCUT2D eigenvalue weighted by molar-refractivity contribution is 6.38. The zero-order valence-corrected chi connectivity index (χ0v) is 29.3. The molecule has 1 aromatic heterocycles. The second-order valence-electron chi connectivity index (χ2n) is 14.0. The van der Waals surface area contributed by atoms with Crippen molar-refractivity contribution in [2.75, 3.05) is 6.54 Å². The number of Topliss-reactive ketones (excluding diaryl/α,β-unsaturated/α-hetero) is 1. The molecule has 7 atom stereocenters. The van der Waals surface area contributed by atoms with Gasteiger partial charge in [0, 0.05) is 25.0 Å². The molecule has 0 radical (unpaired) electrons. The van der Waals surface area contributed by atoms with E-state index in [-0.39, 0.29) is 35.9 Å². The molecule has 2 aliphatic carbocycles. The highest BCUT2D eigenvalue weighted by atomic mass is 16.2. The number of aromatic nitrogens is 2. The van der Waals surface area contributed by atoms with Crippen molar-refractivity contribution in [3.63, 3.8) is 0 Å². The highest BCUT2D eigenvalue weighted by Gasteiger charge is 2.51. The van der Waals surface area contributed by atoms with Crippen molar-refractivity contribution in [2.24, 2.45) is 17.8 Å². The third-order valence-electron chi connectivity index (χ3n) is 10.4. The van der Waals surface area contributed by atoms with Gasteiger partial charge in [0.25, 0.3) is 11.8 Å². The van der Waals surface area contributed by atoms with Crippen molar-refractivity contribution in [1.82, 2.24) is 36.1 Å². The van der Waals surface area contributed by atoms with Gasteiger partial charge in [-0.25, -0.2) is 4.98 Å². The molecule has 0 aromatic carbocycles. The fourth-order valence-electron chi connectivity index (χ4n) is 7.53. The van der Waals surface area contributed by atoms with Gasteiger partial charge in [0.2, 0.25) is 23.5 Å². The lowest BCUT2D eigenvalue weighted by atomic mass is 9.83. The molecule has 49 heavy (non-hydrogen) atoms. The molecule has 2 saturated carbocycles. The van der Waals surface area contributed by atoms with Crippen molar-refractivity contribution in [2.45, 2.75) is 129 Å². The van der Waals surface area contributed by atoms with Crippen molar-refractivity contribution in [1.29, 1.82) is 0 Å². The van der Waals surface area contributed by atoms with E-state index in [0.717, 1.165) is 51.4 Å². The van der Waals surface area contributed by atoms with Gasteiger partial charge in [-0.1, -0.05) is 52.5 Å². The van der Waals surface area contributed by atoms with E-state index in [1.807, 2.05) is 13.8 Å². The number of carbonyl (C=O) groups is 6. The van der Waals surface area contributed by atoms with E-state index in [1.54, 1.807) is 13.8 Å². The molecule has 0 unspecified atom stereocenters. The highest BCUT2D eigenvalue weighted by Crippen LogP contribution is 2.42. The third-order valence-corrected chi connectivity index (χ3v) is 10.4. The molecular formula is C36H53N7O6. The van der Waals surface area contributed by atoms with Crippen molar-refractivity contribution < 1.29 is 28.8 Å². The Labute approximate surface area is 289 Å². The Kier molecular flexibility index (Phi) is 13.4. The summed E-state index contributed by atoms with van der Waals surface area (Å²) in [6.45, 7) is 11.6. The van der Waals surface area contributed by atoms with Crippen LogP contribution in [-0.4, -0.2) is 86.9 Å². The Morgan fingerprint density at radius 3 is 2.31 bits per heavy atom. The zero-order chi connectivity index (χ0) is 35.7. The first-order valence-corrected chi connectivity index (χ1v) is 17.9. The molecule has 2 heterocycles. The third kappa shape index (κ3) is 9.30. The Balaban J connectivity index is 1.54. The molecule has 5 amide bonds. The molecular weight excluding hydrogens is 626 g/mol. The lowest BCUT2D eigenvalue weighted by molar-refractivity contribution is -0.144. The maximum atomic E-state index is 14.4. The van der Waals surface area contributed by atoms with E-state index in [4.69, 9.17) is 0 Å². The molecule has 4 rings (SSSR count). The second-order valence-corrected chi connectivity index (χ2v) is 14.0. The van der Waals surface area contributed by atoms with E-state index in [2.05, 4.69) is 37.8 Å². The number of fused-ring (bicyclic) bond motifs is 1. The molecule has 1 aromatic rings. The molecule has 3 fully saturated rings. The normalized spacial score (nSPS) is 22.9. The minimum atomic E-state index is -1.14. The zero-order valence-electron chi connectivity index (χ0n) is 29.3. The summed E-state index contributed by atoms with van der Waals surface area (Å²) >= 11 is 0. The van der Waals surface area contributed by atoms with Gasteiger partial charge in [-0.15, -0.1) is 0 Å². The van der Waals surface area contributed by atoms with Crippen LogP contribution in [0, 0.1) is 17.8 Å². The van der Waals surface area contributed by atoms with Gasteiger partial charge in [-0.05, 0) is 75.7 Å². The number of nitrogens with one attached hydrogen (secondary N) is 4. The lowest BCUT2D eigenvalue weighted by Crippen LogP contribution is -2.60. The summed E-state index contributed by atoms with van der Waals surface area (Å²) in [4.78, 5) is 90.9. The Hall–Kier alpha value is -4.16. The largest absolute Gasteiger partial charge is 0.347 e. The standard InChI is InChI=1S/C36H53N7O6/c1-6-12-26(31(44)35(48)39-22(5)7-2)40-34(47)30-25-16-11-15-24(25)20-43(30)36(49)28(21(3)4)41-33(46)29(23-13-9-8-10-14-23)42-32(45)27-19-37-17-18-38-27/h17-19,22-26,28-30H,3,6-16,20H2,1-2,4-5H3,(H,39,48)(H,40,47)(H,41,46)(H,42,45)/t22-,24-,25-,26-,28-,29-,30-/m0/s1. The van der Waals surface area contributed by atoms with Gasteiger partial charge < -0.3 is 26.2 Å². The predicted octanol–water partition coefficient (Wildman–Crippen LogP) is 2.61. The number of hydrogen-bond acceptors (Lipinski definition) is 8. The van der Waals surface area contributed by atoms with E-state index < -0.39 is 59.5 Å². The topological polar surface area (TPSA) is 180 Å². The van der Waals surface area contributed by atoms with E-state index in [9.17, 15) is 28.8 Å². The minimum absolute atomic E-state index is 0.0818. The summed E-state index contributed by atoms with van der Waals surface area (Å²) in [7, 11) is 0. The summed E-state index contributed by atoms with van der Waals surface area (Å²) in [5.41, 5.74) is 0.469. The van der Waals surface area contributed by atoms with Crippen molar-refractivity contribution in [3.05, 3.63) is 36.4 Å². The molecule has 4 N–H and O–H groups in total. The van der Waals surface area contributed by atoms with Crippen LogP contribution in [0.1, 0.15) is 109 Å². The van der Waals surface area contributed by atoms with Crippen LogP contribution in [0.2, 0.25) is 0 Å². The first kappa shape index (κ1) is 37.7. The summed E-state index contributed by atoms with van der Waals surface area (Å²) < 4.78 is 0. The Morgan fingerprint density at radius 1 is 0.939 bits per heavy atom. The monoisotopic (exact) mass is 679 g/mol. The second kappa shape index (κ2) is 17.5. The average Bonchev–Trinajstić information content (AvgIpc) is 3.71. The van der Waals surface area contributed by atoms with Gasteiger partial charge in [0.15, 0.2) is 0 Å². The molecule has 268 valence electrons. The maximum Gasteiger partial charge on any atom is 0.289 e. The molecule has 1 aliphatic heterocycles. The summed E-state index contributed by atoms with van der Waals surface area (Å²) in [6, 6.07) is -4.14. The molecule has 13 nitrogen and oxygen atoms in total. The molecule has 0 spiro atoms. The van der Waals surface area contributed by atoms with Gasteiger partial charge in [0.1, 0.15) is 23.8 Å². The average molecular weight is 680 g/mol. The van der Waals surface area contributed by atoms with Crippen LogP contribution in [0.15, 0.2) is 30.7 Å². The van der Waals surface area contributed by atoms with Crippen LogP contribution in [0.4, 0.5) is 0 Å². The van der Waals surface area contributed by atoms with Crippen LogP contribution in [0.25, 0.3) is 0 Å².